The predicted molar refractivity (Wildman–Crippen MR) is 80.5 cm³/mol. The molecular weight excluding hydrogens is 297 g/mol. The van der Waals surface area contributed by atoms with Gasteiger partial charge in [0.15, 0.2) is 0 Å². The van der Waals surface area contributed by atoms with Gasteiger partial charge in [0.1, 0.15) is 0 Å². The summed E-state index contributed by atoms with van der Waals surface area (Å²) >= 11 is 12.3. The largest absolute Gasteiger partial charge is 0.391 e. The highest BCUT2D eigenvalue weighted by atomic mass is 35.5. The summed E-state index contributed by atoms with van der Waals surface area (Å²) < 4.78 is 5.68. The molecule has 0 radical (unpaired) electrons. The van der Waals surface area contributed by atoms with Crippen LogP contribution in [-0.4, -0.2) is 42.4 Å². The molecule has 2 aliphatic rings. The number of aliphatic hydroxyl groups excluding tert-OH is 1. The van der Waals surface area contributed by atoms with E-state index in [1.165, 1.54) is 0 Å². The molecule has 3 atom stereocenters. The lowest BCUT2D eigenvalue weighted by atomic mass is 10.1. The van der Waals surface area contributed by atoms with E-state index in [2.05, 4.69) is 4.90 Å². The summed E-state index contributed by atoms with van der Waals surface area (Å²) in [4.78, 5) is 2.17. The van der Waals surface area contributed by atoms with Gasteiger partial charge in [-0.1, -0.05) is 23.2 Å². The lowest BCUT2D eigenvalue weighted by Gasteiger charge is -2.30. The number of aliphatic hydroxyl groups is 1. The lowest BCUT2D eigenvalue weighted by molar-refractivity contribution is 0.0307. The minimum Gasteiger partial charge on any atom is -0.391 e. The lowest BCUT2D eigenvalue weighted by Crippen LogP contribution is -2.36. The zero-order chi connectivity index (χ0) is 14.3. The topological polar surface area (TPSA) is 32.7 Å². The van der Waals surface area contributed by atoms with Gasteiger partial charge in [0.25, 0.3) is 0 Å². The molecule has 1 N–H and O–H groups in total. The van der Waals surface area contributed by atoms with Gasteiger partial charge in [-0.2, -0.15) is 0 Å². The van der Waals surface area contributed by atoms with Crippen molar-refractivity contribution in [2.45, 2.75) is 37.5 Å². The SMILES string of the molecule is CN(C[C@@H]1CCCO1)[C@H]1c2cc(Cl)cc(Cl)c2C[C@H]1O. The summed E-state index contributed by atoms with van der Waals surface area (Å²) in [5.74, 6) is 0. The molecule has 1 fully saturated rings. The van der Waals surface area contributed by atoms with Crippen molar-refractivity contribution in [1.29, 1.82) is 0 Å². The number of fused-ring (bicyclic) bond motifs is 1. The molecule has 1 aliphatic carbocycles. The first-order valence-electron chi connectivity index (χ1n) is 7.04. The number of hydrogen-bond acceptors (Lipinski definition) is 3. The van der Waals surface area contributed by atoms with E-state index in [0.29, 0.717) is 16.5 Å². The maximum absolute atomic E-state index is 10.4. The van der Waals surface area contributed by atoms with Gasteiger partial charge in [0.2, 0.25) is 0 Å². The summed E-state index contributed by atoms with van der Waals surface area (Å²) in [6.45, 7) is 1.67. The molecule has 1 aromatic carbocycles. The molecule has 20 heavy (non-hydrogen) atoms. The van der Waals surface area contributed by atoms with Gasteiger partial charge in [-0.25, -0.2) is 0 Å². The molecule has 0 unspecified atom stereocenters. The molecule has 0 aromatic heterocycles. The molecule has 1 heterocycles. The highest BCUT2D eigenvalue weighted by Gasteiger charge is 2.36. The zero-order valence-corrected chi connectivity index (χ0v) is 13.0. The molecule has 1 aromatic rings. The van der Waals surface area contributed by atoms with E-state index in [4.69, 9.17) is 27.9 Å². The molecule has 0 spiro atoms. The van der Waals surface area contributed by atoms with Crippen molar-refractivity contribution in [1.82, 2.24) is 4.90 Å². The Morgan fingerprint density at radius 3 is 2.90 bits per heavy atom. The zero-order valence-electron chi connectivity index (χ0n) is 11.5. The molecular formula is C15H19Cl2NO2. The van der Waals surface area contributed by atoms with Crippen LogP contribution in [0.25, 0.3) is 0 Å². The van der Waals surface area contributed by atoms with E-state index in [0.717, 1.165) is 37.1 Å². The third-order valence-electron chi connectivity index (χ3n) is 4.28. The number of ether oxygens (including phenoxy) is 1. The van der Waals surface area contributed by atoms with Gasteiger partial charge in [-0.3, -0.25) is 4.90 Å². The Balaban J connectivity index is 1.83. The molecule has 0 bridgehead atoms. The van der Waals surface area contributed by atoms with Crippen LogP contribution in [0.4, 0.5) is 0 Å². The number of nitrogens with zero attached hydrogens (tertiary/aromatic N) is 1. The van der Waals surface area contributed by atoms with Crippen LogP contribution >= 0.6 is 23.2 Å². The molecule has 1 saturated heterocycles. The van der Waals surface area contributed by atoms with E-state index in [1.54, 1.807) is 6.07 Å². The third kappa shape index (κ3) is 2.70. The fourth-order valence-electron chi connectivity index (χ4n) is 3.38. The van der Waals surface area contributed by atoms with Gasteiger partial charge in [-0.05, 0) is 43.1 Å². The van der Waals surface area contributed by atoms with Gasteiger partial charge in [0, 0.05) is 29.6 Å². The van der Waals surface area contributed by atoms with Gasteiger partial charge in [-0.15, -0.1) is 0 Å². The standard InChI is InChI=1S/C15H19Cl2NO2/c1-18(8-10-3-2-4-20-10)15-12-5-9(16)6-13(17)11(12)7-14(15)19/h5-6,10,14-15,19H,2-4,7-8H2,1H3/t10-,14+,15-/m0/s1. The van der Waals surface area contributed by atoms with Crippen molar-refractivity contribution >= 4 is 23.2 Å². The predicted octanol–water partition coefficient (Wildman–Crippen LogP) is 3.06. The quantitative estimate of drug-likeness (QED) is 0.930. The van der Waals surface area contributed by atoms with Crippen molar-refractivity contribution in [2.75, 3.05) is 20.2 Å². The number of likely N-dealkylation sites (N-methyl/N-ethyl adjacent to an activating group) is 1. The molecule has 5 heteroatoms. The van der Waals surface area contributed by atoms with E-state index in [1.807, 2.05) is 13.1 Å². The molecule has 1 aliphatic heterocycles. The molecule has 3 nitrogen and oxygen atoms in total. The van der Waals surface area contributed by atoms with Crippen LogP contribution in [0.3, 0.4) is 0 Å². The summed E-state index contributed by atoms with van der Waals surface area (Å²) in [6.07, 6.45) is 2.64. The van der Waals surface area contributed by atoms with Crippen LogP contribution in [0.15, 0.2) is 12.1 Å². The Labute approximate surface area is 129 Å². The Morgan fingerprint density at radius 1 is 1.40 bits per heavy atom. The molecule has 3 rings (SSSR count). The van der Waals surface area contributed by atoms with E-state index < -0.39 is 6.10 Å². The molecule has 0 saturated carbocycles. The van der Waals surface area contributed by atoms with Crippen LogP contribution in [-0.2, 0) is 11.2 Å². The second kappa shape index (κ2) is 5.82. The van der Waals surface area contributed by atoms with Crippen LogP contribution < -0.4 is 0 Å². The average Bonchev–Trinajstić information content (AvgIpc) is 2.96. The van der Waals surface area contributed by atoms with Gasteiger partial charge < -0.3 is 9.84 Å². The van der Waals surface area contributed by atoms with Crippen molar-refractivity contribution in [3.05, 3.63) is 33.3 Å². The van der Waals surface area contributed by atoms with E-state index in [-0.39, 0.29) is 12.1 Å². The summed E-state index contributed by atoms with van der Waals surface area (Å²) in [5.41, 5.74) is 2.07. The number of halogens is 2. The van der Waals surface area contributed by atoms with Crippen molar-refractivity contribution in [2.24, 2.45) is 0 Å². The van der Waals surface area contributed by atoms with Crippen LogP contribution in [0.2, 0.25) is 10.0 Å². The third-order valence-corrected chi connectivity index (χ3v) is 4.84. The Bertz CT molecular complexity index is 503. The van der Waals surface area contributed by atoms with Gasteiger partial charge >= 0.3 is 0 Å². The minimum atomic E-state index is -0.438. The summed E-state index contributed by atoms with van der Waals surface area (Å²) in [6, 6.07) is 3.62. The maximum atomic E-state index is 10.4. The second-order valence-corrected chi connectivity index (χ2v) is 6.59. The normalized spacial score (nSPS) is 29.1. The Morgan fingerprint density at radius 2 is 2.20 bits per heavy atom. The van der Waals surface area contributed by atoms with Crippen LogP contribution in [0.1, 0.15) is 30.0 Å². The van der Waals surface area contributed by atoms with Gasteiger partial charge in [0.05, 0.1) is 18.2 Å². The fraction of sp³-hybridized carbons (Fsp3) is 0.600. The Kier molecular flexibility index (Phi) is 4.25. The average molecular weight is 316 g/mol. The maximum Gasteiger partial charge on any atom is 0.0777 e. The molecule has 0 amide bonds. The highest BCUT2D eigenvalue weighted by molar-refractivity contribution is 6.35. The van der Waals surface area contributed by atoms with Crippen LogP contribution in [0.5, 0.6) is 0 Å². The first kappa shape index (κ1) is 14.6. The number of benzene rings is 1. The minimum absolute atomic E-state index is 0.0506. The summed E-state index contributed by atoms with van der Waals surface area (Å²) in [7, 11) is 2.03. The van der Waals surface area contributed by atoms with Crippen molar-refractivity contribution in [3.8, 4) is 0 Å². The van der Waals surface area contributed by atoms with E-state index >= 15 is 0 Å². The monoisotopic (exact) mass is 315 g/mol. The highest BCUT2D eigenvalue weighted by Crippen LogP contribution is 2.41. The Hall–Kier alpha value is -0.320. The number of rotatable bonds is 3. The first-order chi connectivity index (χ1) is 9.56. The molecule has 110 valence electrons. The fourth-order valence-corrected chi connectivity index (χ4v) is 3.97. The first-order valence-corrected chi connectivity index (χ1v) is 7.79. The second-order valence-electron chi connectivity index (χ2n) is 5.75. The number of hydrogen-bond donors (Lipinski definition) is 1. The van der Waals surface area contributed by atoms with Crippen molar-refractivity contribution < 1.29 is 9.84 Å². The summed E-state index contributed by atoms with van der Waals surface area (Å²) in [5, 5.41) is 11.7. The van der Waals surface area contributed by atoms with E-state index in [9.17, 15) is 5.11 Å². The smallest absolute Gasteiger partial charge is 0.0777 e. The van der Waals surface area contributed by atoms with Crippen molar-refractivity contribution in [3.63, 3.8) is 0 Å². The van der Waals surface area contributed by atoms with Crippen LogP contribution in [0, 0.1) is 0 Å².